The van der Waals surface area contributed by atoms with Crippen LogP contribution < -0.4 is 0 Å². The van der Waals surface area contributed by atoms with Crippen molar-refractivity contribution in [2.45, 2.75) is 78.2 Å². The van der Waals surface area contributed by atoms with Crippen LogP contribution >= 0.6 is 0 Å². The van der Waals surface area contributed by atoms with Gasteiger partial charge < -0.3 is 13.7 Å². The van der Waals surface area contributed by atoms with Crippen molar-refractivity contribution in [2.75, 3.05) is 6.61 Å². The molecule has 3 rings (SSSR count). The highest BCUT2D eigenvalue weighted by molar-refractivity contribution is 6.74. The van der Waals surface area contributed by atoms with Gasteiger partial charge in [-0.2, -0.15) is 0 Å². The molecule has 0 aliphatic carbocycles. The van der Waals surface area contributed by atoms with Gasteiger partial charge in [0.05, 0.1) is 12.7 Å². The number of aryl methyl sites for hydroxylation is 1. The highest BCUT2D eigenvalue weighted by Gasteiger charge is 2.38. The van der Waals surface area contributed by atoms with Crippen LogP contribution in [0.4, 0.5) is 0 Å². The second-order valence-corrected chi connectivity index (χ2v) is 15.4. The Morgan fingerprint density at radius 2 is 1.69 bits per heavy atom. The summed E-state index contributed by atoms with van der Waals surface area (Å²) in [7, 11) is -1.89. The van der Waals surface area contributed by atoms with Crippen LogP contribution in [0.25, 0.3) is 10.9 Å². The summed E-state index contributed by atoms with van der Waals surface area (Å²) in [5, 5.41) is 1.06. The van der Waals surface area contributed by atoms with Gasteiger partial charge in [0.15, 0.2) is 14.1 Å². The Morgan fingerprint density at radius 3 is 2.31 bits per heavy atom. The predicted octanol–water partition coefficient (Wildman–Crippen LogP) is 7.30. The maximum atomic E-state index is 13.5. The van der Waals surface area contributed by atoms with E-state index in [2.05, 4.69) is 45.4 Å². The summed E-state index contributed by atoms with van der Waals surface area (Å²) in [6, 6.07) is 15.7. The molecule has 0 saturated heterocycles. The molecule has 1 atom stereocenters. The van der Waals surface area contributed by atoms with Gasteiger partial charge in [-0.15, -0.1) is 0 Å². The average molecular weight is 494 g/mol. The van der Waals surface area contributed by atoms with Crippen LogP contribution in [-0.2, 0) is 20.5 Å². The molecule has 5 nitrogen and oxygen atoms in total. The van der Waals surface area contributed by atoms with Crippen LogP contribution in [0.5, 0.6) is 0 Å². The molecule has 0 radical (unpaired) electrons. The van der Waals surface area contributed by atoms with E-state index in [-0.39, 0.29) is 22.9 Å². The Morgan fingerprint density at radius 1 is 1.03 bits per heavy atom. The summed E-state index contributed by atoms with van der Waals surface area (Å²) in [4.78, 5) is 25.2. The first-order valence-electron chi connectivity index (χ1n) is 12.5. The zero-order valence-corrected chi connectivity index (χ0v) is 23.2. The molecule has 188 valence electrons. The third-order valence-electron chi connectivity index (χ3n) is 7.04. The highest BCUT2D eigenvalue weighted by Crippen LogP contribution is 2.39. The lowest BCUT2D eigenvalue weighted by Gasteiger charge is -2.38. The minimum absolute atomic E-state index is 0.00476. The van der Waals surface area contributed by atoms with Gasteiger partial charge in [-0.05, 0) is 50.0 Å². The summed E-state index contributed by atoms with van der Waals surface area (Å²) in [5.74, 6) is -0.193. The molecule has 0 saturated carbocycles. The quantitative estimate of drug-likeness (QED) is 0.169. The lowest BCUT2D eigenvalue weighted by molar-refractivity contribution is -0.143. The molecule has 0 bridgehead atoms. The summed E-state index contributed by atoms with van der Waals surface area (Å²) in [6.07, 6.45) is 2.91. The van der Waals surface area contributed by atoms with Crippen molar-refractivity contribution in [1.82, 2.24) is 4.57 Å². The van der Waals surface area contributed by atoms with Crippen molar-refractivity contribution >= 4 is 31.0 Å². The zero-order chi connectivity index (χ0) is 25.8. The van der Waals surface area contributed by atoms with Crippen LogP contribution in [0.2, 0.25) is 18.1 Å². The summed E-state index contributed by atoms with van der Waals surface area (Å²) in [5.41, 5.74) is 3.40. The van der Waals surface area contributed by atoms with Crippen molar-refractivity contribution in [3.63, 3.8) is 0 Å². The van der Waals surface area contributed by atoms with E-state index in [4.69, 9.17) is 9.16 Å². The van der Waals surface area contributed by atoms with Gasteiger partial charge in [0, 0.05) is 41.2 Å². The number of carbonyl (C=O) groups is 2. The largest absolute Gasteiger partial charge is 0.466 e. The van der Waals surface area contributed by atoms with Crippen LogP contribution in [0, 0.1) is 0 Å². The van der Waals surface area contributed by atoms with Crippen molar-refractivity contribution < 1.29 is 18.8 Å². The van der Waals surface area contributed by atoms with Gasteiger partial charge in [-0.1, -0.05) is 63.2 Å². The molecule has 6 heteroatoms. The molecule has 0 N–H and O–H groups in total. The predicted molar refractivity (Wildman–Crippen MR) is 144 cm³/mol. The molecule has 0 amide bonds. The van der Waals surface area contributed by atoms with Crippen LogP contribution in [0.15, 0.2) is 54.7 Å². The van der Waals surface area contributed by atoms with Crippen molar-refractivity contribution in [3.05, 3.63) is 71.4 Å². The van der Waals surface area contributed by atoms with Gasteiger partial charge in [-0.25, -0.2) is 0 Å². The lowest BCUT2D eigenvalue weighted by atomic mass is 10.0. The van der Waals surface area contributed by atoms with E-state index in [1.165, 1.54) is 0 Å². The Labute approximate surface area is 210 Å². The number of ketones is 1. The molecular weight excluding hydrogens is 454 g/mol. The zero-order valence-electron chi connectivity index (χ0n) is 22.2. The topological polar surface area (TPSA) is 57.5 Å². The van der Waals surface area contributed by atoms with Gasteiger partial charge in [0.2, 0.25) is 0 Å². The van der Waals surface area contributed by atoms with Crippen LogP contribution in [0.1, 0.15) is 75.0 Å². The smallest absolute Gasteiger partial charge is 0.305 e. The Kier molecular flexibility index (Phi) is 8.39. The number of hydrogen-bond donors (Lipinski definition) is 0. The molecule has 0 spiro atoms. The molecule has 0 aliphatic heterocycles. The third kappa shape index (κ3) is 6.30. The third-order valence-corrected chi connectivity index (χ3v) is 11.6. The monoisotopic (exact) mass is 493 g/mol. The van der Waals surface area contributed by atoms with E-state index in [1.807, 2.05) is 61.7 Å². The first kappa shape index (κ1) is 26.9. The van der Waals surface area contributed by atoms with E-state index in [0.29, 0.717) is 37.1 Å². The number of carbonyl (C=O) groups excluding carboxylic acids is 2. The minimum Gasteiger partial charge on any atom is -0.466 e. The number of aromatic nitrogens is 1. The van der Waals surface area contributed by atoms with Crippen molar-refractivity contribution in [1.29, 1.82) is 0 Å². The van der Waals surface area contributed by atoms with E-state index >= 15 is 0 Å². The number of hydrogen-bond acceptors (Lipinski definition) is 4. The molecule has 1 unspecified atom stereocenters. The minimum atomic E-state index is -1.89. The number of rotatable bonds is 10. The first-order valence-corrected chi connectivity index (χ1v) is 15.4. The number of ether oxygens (including phenoxy) is 1. The van der Waals surface area contributed by atoms with E-state index < -0.39 is 8.32 Å². The normalized spacial score (nSPS) is 13.1. The number of nitrogens with zero attached hydrogens (tertiary/aromatic N) is 1. The molecule has 3 aromatic rings. The van der Waals surface area contributed by atoms with Gasteiger partial charge in [0.25, 0.3) is 0 Å². The molecular formula is C29H39NO4Si. The lowest BCUT2D eigenvalue weighted by Crippen LogP contribution is -2.41. The molecule has 0 fully saturated rings. The number of fused-ring (bicyclic) bond motifs is 1. The second-order valence-electron chi connectivity index (χ2n) is 10.6. The molecule has 1 heterocycles. The number of esters is 1. The van der Waals surface area contributed by atoms with Gasteiger partial charge >= 0.3 is 5.97 Å². The summed E-state index contributed by atoms with van der Waals surface area (Å²) < 4.78 is 13.6. The second kappa shape index (κ2) is 10.9. The van der Waals surface area contributed by atoms with Gasteiger partial charge in [0.1, 0.15) is 0 Å². The fourth-order valence-electron chi connectivity index (χ4n) is 3.99. The van der Waals surface area contributed by atoms with E-state index in [9.17, 15) is 9.59 Å². The molecule has 35 heavy (non-hydrogen) atoms. The summed E-state index contributed by atoms with van der Waals surface area (Å²) >= 11 is 0. The maximum Gasteiger partial charge on any atom is 0.305 e. The number of benzene rings is 2. The standard InChI is InChI=1S/C29H39NO4Si/c1-8-33-27(31)14-11-19-30-20-25(24-12-9-10-13-26(24)30)28(32)23-17-15-22(16-18-23)21(2)34-35(6,7)29(3,4)5/h9-10,12-13,15-18,20-21H,8,11,14,19H2,1-7H3. The van der Waals surface area contributed by atoms with Crippen molar-refractivity contribution in [3.8, 4) is 0 Å². The Balaban J connectivity index is 1.78. The van der Waals surface area contributed by atoms with Crippen LogP contribution in [-0.4, -0.2) is 31.2 Å². The van der Waals surface area contributed by atoms with E-state index in [1.54, 1.807) is 0 Å². The highest BCUT2D eigenvalue weighted by atomic mass is 28.4. The van der Waals surface area contributed by atoms with E-state index in [0.717, 1.165) is 16.5 Å². The molecule has 0 aliphatic rings. The fourth-order valence-corrected chi connectivity index (χ4v) is 5.36. The molecule has 2 aromatic carbocycles. The SMILES string of the molecule is CCOC(=O)CCCn1cc(C(=O)c2ccc(C(C)O[Si](C)(C)C(C)(C)C)cc2)c2ccccc21. The Hall–Kier alpha value is -2.70. The first-order chi connectivity index (χ1) is 16.4. The maximum absolute atomic E-state index is 13.5. The number of para-hydroxylation sites is 1. The van der Waals surface area contributed by atoms with Crippen LogP contribution in [0.3, 0.4) is 0 Å². The summed E-state index contributed by atoms with van der Waals surface area (Å²) in [6.45, 7) is 16.2. The average Bonchev–Trinajstić information content (AvgIpc) is 3.16. The van der Waals surface area contributed by atoms with Crippen molar-refractivity contribution in [2.24, 2.45) is 0 Å². The molecule has 1 aromatic heterocycles. The fraction of sp³-hybridized carbons (Fsp3) is 0.448. The Bertz CT molecular complexity index is 1170. The van der Waals surface area contributed by atoms with Gasteiger partial charge in [-0.3, -0.25) is 9.59 Å².